The van der Waals surface area contributed by atoms with Gasteiger partial charge in [-0.1, -0.05) is 40.5 Å². The highest BCUT2D eigenvalue weighted by atomic mass is 15.1. The van der Waals surface area contributed by atoms with Crippen molar-refractivity contribution in [3.8, 4) is 6.07 Å². The molecule has 18 heavy (non-hydrogen) atoms. The zero-order valence-electron chi connectivity index (χ0n) is 12.5. The highest BCUT2D eigenvalue weighted by Gasteiger charge is 2.41. The Morgan fingerprint density at radius 1 is 1.33 bits per heavy atom. The Hall–Kier alpha value is -0.590. The lowest BCUT2D eigenvalue weighted by atomic mass is 9.69. The zero-order chi connectivity index (χ0) is 13.6. The first-order valence-corrected chi connectivity index (χ1v) is 7.48. The fourth-order valence-corrected chi connectivity index (χ4v) is 3.09. The predicted octanol–water partition coefficient (Wildman–Crippen LogP) is 2.64. The second kappa shape index (κ2) is 7.11. The first-order valence-electron chi connectivity index (χ1n) is 7.48. The van der Waals surface area contributed by atoms with Crippen LogP contribution in [0.5, 0.6) is 0 Å². The number of rotatable bonds is 6. The second-order valence-corrected chi connectivity index (χ2v) is 5.70. The first kappa shape index (κ1) is 15.5. The van der Waals surface area contributed by atoms with Crippen LogP contribution >= 0.6 is 0 Å². The van der Waals surface area contributed by atoms with E-state index >= 15 is 0 Å². The molecule has 0 spiro atoms. The smallest absolute Gasteiger partial charge is 0.109 e. The quantitative estimate of drug-likeness (QED) is 0.789. The van der Waals surface area contributed by atoms with Crippen molar-refractivity contribution in [1.82, 2.24) is 10.2 Å². The molecule has 0 aromatic carbocycles. The first-order chi connectivity index (χ1) is 8.59. The SMILES string of the molecule is CCN(CC)CCNC1(C#N)CCCC(C)C1C. The molecule has 3 unspecified atom stereocenters. The van der Waals surface area contributed by atoms with Crippen molar-refractivity contribution in [3.05, 3.63) is 0 Å². The van der Waals surface area contributed by atoms with Gasteiger partial charge < -0.3 is 4.90 Å². The van der Waals surface area contributed by atoms with Crippen molar-refractivity contribution in [1.29, 1.82) is 5.26 Å². The van der Waals surface area contributed by atoms with Gasteiger partial charge in [0.15, 0.2) is 0 Å². The van der Waals surface area contributed by atoms with E-state index in [0.717, 1.165) is 32.6 Å². The van der Waals surface area contributed by atoms with Crippen LogP contribution in [0.4, 0.5) is 0 Å². The summed E-state index contributed by atoms with van der Waals surface area (Å²) in [6, 6.07) is 2.58. The van der Waals surface area contributed by atoms with Gasteiger partial charge in [-0.3, -0.25) is 5.32 Å². The van der Waals surface area contributed by atoms with Crippen molar-refractivity contribution in [2.24, 2.45) is 11.8 Å². The van der Waals surface area contributed by atoms with Gasteiger partial charge in [-0.05, 0) is 31.3 Å². The summed E-state index contributed by atoms with van der Waals surface area (Å²) < 4.78 is 0. The molecule has 0 bridgehead atoms. The summed E-state index contributed by atoms with van der Waals surface area (Å²) in [5.41, 5.74) is -0.287. The molecule has 1 rings (SSSR count). The van der Waals surface area contributed by atoms with Crippen molar-refractivity contribution < 1.29 is 0 Å². The largest absolute Gasteiger partial charge is 0.303 e. The highest BCUT2D eigenvalue weighted by Crippen LogP contribution is 2.37. The van der Waals surface area contributed by atoms with Crippen LogP contribution in [0.1, 0.15) is 47.0 Å². The molecular formula is C15H29N3. The Bertz CT molecular complexity index is 280. The minimum Gasteiger partial charge on any atom is -0.303 e. The van der Waals surface area contributed by atoms with E-state index in [-0.39, 0.29) is 5.54 Å². The molecule has 1 N–H and O–H groups in total. The lowest BCUT2D eigenvalue weighted by Gasteiger charge is -2.42. The van der Waals surface area contributed by atoms with Crippen LogP contribution in [0.2, 0.25) is 0 Å². The fraction of sp³-hybridized carbons (Fsp3) is 0.933. The molecule has 0 heterocycles. The van der Waals surface area contributed by atoms with Crippen LogP contribution in [-0.2, 0) is 0 Å². The number of hydrogen-bond acceptors (Lipinski definition) is 3. The summed E-state index contributed by atoms with van der Waals surface area (Å²) >= 11 is 0. The zero-order valence-corrected chi connectivity index (χ0v) is 12.5. The van der Waals surface area contributed by atoms with Gasteiger partial charge in [-0.15, -0.1) is 0 Å². The minimum absolute atomic E-state index is 0.287. The average Bonchev–Trinajstić information content (AvgIpc) is 2.40. The van der Waals surface area contributed by atoms with Crippen LogP contribution in [0.3, 0.4) is 0 Å². The Morgan fingerprint density at radius 2 is 2.00 bits per heavy atom. The number of hydrogen-bond donors (Lipinski definition) is 1. The van der Waals surface area contributed by atoms with Crippen LogP contribution in [0, 0.1) is 23.2 Å². The van der Waals surface area contributed by atoms with Gasteiger partial charge >= 0.3 is 0 Å². The predicted molar refractivity (Wildman–Crippen MR) is 76.3 cm³/mol. The molecule has 0 aromatic rings. The third-order valence-corrected chi connectivity index (χ3v) is 4.82. The van der Waals surface area contributed by atoms with Gasteiger partial charge in [0.2, 0.25) is 0 Å². The van der Waals surface area contributed by atoms with Gasteiger partial charge in [0.1, 0.15) is 5.54 Å². The lowest BCUT2D eigenvalue weighted by Crippen LogP contribution is -2.55. The standard InChI is InChI=1S/C15H29N3/c1-5-18(6-2)11-10-17-15(12-16)9-7-8-13(3)14(15)4/h13-14,17H,5-11H2,1-4H3. The third kappa shape index (κ3) is 3.46. The molecular weight excluding hydrogens is 222 g/mol. The molecule has 0 radical (unpaired) electrons. The van der Waals surface area contributed by atoms with E-state index in [1.807, 2.05) is 0 Å². The number of likely N-dealkylation sites (N-methyl/N-ethyl adjacent to an activating group) is 1. The summed E-state index contributed by atoms with van der Waals surface area (Å²) in [6.07, 6.45) is 3.45. The summed E-state index contributed by atoms with van der Waals surface area (Å²) in [5, 5.41) is 13.1. The topological polar surface area (TPSA) is 39.1 Å². The molecule has 1 fully saturated rings. The third-order valence-electron chi connectivity index (χ3n) is 4.82. The van der Waals surface area contributed by atoms with E-state index in [4.69, 9.17) is 0 Å². The molecule has 3 heteroatoms. The summed E-state index contributed by atoms with van der Waals surface area (Å²) in [4.78, 5) is 2.40. The van der Waals surface area contributed by atoms with E-state index in [9.17, 15) is 5.26 Å². The molecule has 0 aromatic heterocycles. The Labute approximate surface area is 113 Å². The Balaban J connectivity index is 2.53. The maximum Gasteiger partial charge on any atom is 0.109 e. The Kier molecular flexibility index (Phi) is 6.11. The summed E-state index contributed by atoms with van der Waals surface area (Å²) in [7, 11) is 0. The van der Waals surface area contributed by atoms with E-state index < -0.39 is 0 Å². The molecule has 0 aliphatic heterocycles. The lowest BCUT2D eigenvalue weighted by molar-refractivity contribution is 0.147. The summed E-state index contributed by atoms with van der Waals surface area (Å²) in [6.45, 7) is 13.0. The van der Waals surface area contributed by atoms with Gasteiger partial charge in [0, 0.05) is 13.1 Å². The van der Waals surface area contributed by atoms with E-state index in [2.05, 4.69) is 44.0 Å². The van der Waals surface area contributed by atoms with E-state index in [0.29, 0.717) is 11.8 Å². The normalized spacial score (nSPS) is 32.4. The molecule has 104 valence electrons. The van der Waals surface area contributed by atoms with Crippen LogP contribution in [0.25, 0.3) is 0 Å². The molecule has 3 nitrogen and oxygen atoms in total. The average molecular weight is 251 g/mol. The van der Waals surface area contributed by atoms with E-state index in [1.54, 1.807) is 0 Å². The van der Waals surface area contributed by atoms with Crippen LogP contribution < -0.4 is 5.32 Å². The van der Waals surface area contributed by atoms with Gasteiger partial charge in [0.25, 0.3) is 0 Å². The fourth-order valence-electron chi connectivity index (χ4n) is 3.09. The number of nitrogens with one attached hydrogen (secondary N) is 1. The van der Waals surface area contributed by atoms with Gasteiger partial charge in [-0.25, -0.2) is 0 Å². The molecule has 0 amide bonds. The van der Waals surface area contributed by atoms with Crippen LogP contribution in [0.15, 0.2) is 0 Å². The monoisotopic (exact) mass is 251 g/mol. The van der Waals surface area contributed by atoms with Gasteiger partial charge in [-0.2, -0.15) is 5.26 Å². The second-order valence-electron chi connectivity index (χ2n) is 5.70. The van der Waals surface area contributed by atoms with Crippen molar-refractivity contribution in [2.45, 2.75) is 52.5 Å². The molecule has 3 atom stereocenters. The van der Waals surface area contributed by atoms with Gasteiger partial charge in [0.05, 0.1) is 6.07 Å². The molecule has 1 aliphatic rings. The number of nitrogens with zero attached hydrogens (tertiary/aromatic N) is 2. The van der Waals surface area contributed by atoms with Crippen molar-refractivity contribution in [2.75, 3.05) is 26.2 Å². The van der Waals surface area contributed by atoms with Crippen LogP contribution in [-0.4, -0.2) is 36.6 Å². The molecule has 1 aliphatic carbocycles. The Morgan fingerprint density at radius 3 is 2.56 bits per heavy atom. The molecule has 0 saturated heterocycles. The summed E-state index contributed by atoms with van der Waals surface area (Å²) in [5.74, 6) is 1.10. The number of nitriles is 1. The maximum absolute atomic E-state index is 9.58. The minimum atomic E-state index is -0.287. The van der Waals surface area contributed by atoms with Crippen molar-refractivity contribution >= 4 is 0 Å². The van der Waals surface area contributed by atoms with Crippen molar-refractivity contribution in [3.63, 3.8) is 0 Å². The molecule has 1 saturated carbocycles. The van der Waals surface area contributed by atoms with E-state index in [1.165, 1.54) is 12.8 Å². The maximum atomic E-state index is 9.58. The highest BCUT2D eigenvalue weighted by molar-refractivity contribution is 5.12.